The molecule has 0 radical (unpaired) electrons. The third-order valence-electron chi connectivity index (χ3n) is 2.62. The molecule has 104 valence electrons. The number of hydrogen-bond donors (Lipinski definition) is 0. The molecule has 2 aromatic rings. The largest absolute Gasteiger partial charge is 0.573 e. The number of ether oxygens (including phenoxy) is 1. The van der Waals surface area contributed by atoms with Crippen LogP contribution >= 0.6 is 0 Å². The average Bonchev–Trinajstić information content (AvgIpc) is 2.40. The van der Waals surface area contributed by atoms with E-state index in [1.54, 1.807) is 0 Å². The molecule has 3 nitrogen and oxygen atoms in total. The summed E-state index contributed by atoms with van der Waals surface area (Å²) in [5.74, 6) is -1.02. The fourth-order valence-electron chi connectivity index (χ4n) is 1.74. The number of carbonyl (C=O) groups excluding carboxylic acids is 1. The summed E-state index contributed by atoms with van der Waals surface area (Å²) in [5, 5.41) is 0. The number of pyridine rings is 1. The Labute approximate surface area is 113 Å². The molecule has 0 aliphatic carbocycles. The number of alkyl halides is 3. The molecule has 0 atom stereocenters. The second-order valence-corrected chi connectivity index (χ2v) is 4.06. The van der Waals surface area contributed by atoms with Crippen LogP contribution in [-0.4, -0.2) is 17.1 Å². The Morgan fingerprint density at radius 3 is 2.40 bits per heavy atom. The summed E-state index contributed by atoms with van der Waals surface area (Å²) in [7, 11) is 0. The second kappa shape index (κ2) is 5.32. The molecule has 0 fully saturated rings. The monoisotopic (exact) mass is 281 g/mol. The third-order valence-corrected chi connectivity index (χ3v) is 2.62. The molecule has 1 aromatic carbocycles. The van der Waals surface area contributed by atoms with E-state index in [-0.39, 0.29) is 16.7 Å². The number of aromatic nitrogens is 1. The van der Waals surface area contributed by atoms with Crippen molar-refractivity contribution in [3.05, 3.63) is 59.4 Å². The van der Waals surface area contributed by atoms with Crippen LogP contribution in [0.15, 0.2) is 42.7 Å². The molecule has 0 N–H and O–H groups in total. The summed E-state index contributed by atoms with van der Waals surface area (Å²) in [5.41, 5.74) is 0.355. The standard InChI is InChI=1S/C14H10F3NO2/c1-9-3-2-4-11(13(9)20-14(15,16)17)12(19)10-5-7-18-8-6-10/h2-8H,1H3. The van der Waals surface area contributed by atoms with Crippen LogP contribution in [0, 0.1) is 6.92 Å². The molecule has 2 rings (SSSR count). The molecular formula is C14H10F3NO2. The van der Waals surface area contributed by atoms with Crippen LogP contribution in [0.1, 0.15) is 21.5 Å². The van der Waals surface area contributed by atoms with Gasteiger partial charge in [0.1, 0.15) is 5.75 Å². The molecule has 1 heterocycles. The fourth-order valence-corrected chi connectivity index (χ4v) is 1.74. The van der Waals surface area contributed by atoms with Crippen LogP contribution in [0.25, 0.3) is 0 Å². The average molecular weight is 281 g/mol. The molecule has 0 unspecified atom stereocenters. The maximum Gasteiger partial charge on any atom is 0.573 e. The van der Waals surface area contributed by atoms with Crippen molar-refractivity contribution >= 4 is 5.78 Å². The SMILES string of the molecule is Cc1cccc(C(=O)c2ccncc2)c1OC(F)(F)F. The molecule has 6 heteroatoms. The lowest BCUT2D eigenvalue weighted by Crippen LogP contribution is -2.20. The Morgan fingerprint density at radius 2 is 1.80 bits per heavy atom. The quantitative estimate of drug-likeness (QED) is 0.808. The van der Waals surface area contributed by atoms with Gasteiger partial charge in [-0.15, -0.1) is 13.2 Å². The van der Waals surface area contributed by atoms with Crippen molar-refractivity contribution in [2.45, 2.75) is 13.3 Å². The number of hydrogen-bond acceptors (Lipinski definition) is 3. The highest BCUT2D eigenvalue weighted by Gasteiger charge is 2.33. The Hall–Kier alpha value is -2.37. The molecule has 0 aliphatic rings. The summed E-state index contributed by atoms with van der Waals surface area (Å²) in [6, 6.07) is 7.12. The summed E-state index contributed by atoms with van der Waals surface area (Å²) in [4.78, 5) is 16.0. The predicted molar refractivity (Wildman–Crippen MR) is 65.5 cm³/mol. The van der Waals surface area contributed by atoms with E-state index >= 15 is 0 Å². The van der Waals surface area contributed by atoms with Crippen molar-refractivity contribution in [3.63, 3.8) is 0 Å². The molecule has 0 spiro atoms. The summed E-state index contributed by atoms with van der Waals surface area (Å²) in [6.45, 7) is 1.45. The molecule has 0 bridgehead atoms. The summed E-state index contributed by atoms with van der Waals surface area (Å²) in [6.07, 6.45) is -2.06. The van der Waals surface area contributed by atoms with Gasteiger partial charge < -0.3 is 4.74 Å². The smallest absolute Gasteiger partial charge is 0.405 e. The van der Waals surface area contributed by atoms with Gasteiger partial charge in [-0.1, -0.05) is 12.1 Å². The zero-order chi connectivity index (χ0) is 14.8. The lowest BCUT2D eigenvalue weighted by atomic mass is 10.0. The van der Waals surface area contributed by atoms with Gasteiger partial charge in [0.25, 0.3) is 0 Å². The number of benzene rings is 1. The minimum absolute atomic E-state index is 0.131. The third kappa shape index (κ3) is 3.14. The first-order valence-corrected chi connectivity index (χ1v) is 5.68. The highest BCUT2D eigenvalue weighted by molar-refractivity contribution is 6.10. The van der Waals surface area contributed by atoms with Crippen molar-refractivity contribution in [1.82, 2.24) is 4.98 Å². The van der Waals surface area contributed by atoms with Gasteiger partial charge in [-0.3, -0.25) is 9.78 Å². The van der Waals surface area contributed by atoms with Gasteiger partial charge in [0.2, 0.25) is 0 Å². The number of rotatable bonds is 3. The molecule has 0 aliphatic heterocycles. The van der Waals surface area contributed by atoms with Gasteiger partial charge in [-0.05, 0) is 30.7 Å². The van der Waals surface area contributed by atoms with E-state index in [1.807, 2.05) is 0 Å². The molecule has 1 aromatic heterocycles. The molecule has 0 saturated heterocycles. The van der Waals surface area contributed by atoms with Crippen molar-refractivity contribution in [2.24, 2.45) is 0 Å². The second-order valence-electron chi connectivity index (χ2n) is 4.06. The number of ketones is 1. The highest BCUT2D eigenvalue weighted by atomic mass is 19.4. The van der Waals surface area contributed by atoms with Gasteiger partial charge in [0, 0.05) is 18.0 Å². The number of halogens is 3. The van der Waals surface area contributed by atoms with Crippen LogP contribution in [0.5, 0.6) is 5.75 Å². The van der Waals surface area contributed by atoms with Crippen LogP contribution in [0.2, 0.25) is 0 Å². The van der Waals surface area contributed by atoms with E-state index in [9.17, 15) is 18.0 Å². The van der Waals surface area contributed by atoms with Crippen LogP contribution in [-0.2, 0) is 0 Å². The zero-order valence-corrected chi connectivity index (χ0v) is 10.4. The lowest BCUT2D eigenvalue weighted by molar-refractivity contribution is -0.274. The maximum absolute atomic E-state index is 12.4. The van der Waals surface area contributed by atoms with Gasteiger partial charge in [0.05, 0.1) is 5.56 Å². The topological polar surface area (TPSA) is 39.2 Å². The molecular weight excluding hydrogens is 271 g/mol. The Balaban J connectivity index is 2.47. The zero-order valence-electron chi connectivity index (χ0n) is 10.4. The van der Waals surface area contributed by atoms with Crippen LogP contribution in [0.3, 0.4) is 0 Å². The number of nitrogens with zero attached hydrogens (tertiary/aromatic N) is 1. The first-order valence-electron chi connectivity index (χ1n) is 5.68. The number of carbonyl (C=O) groups is 1. The summed E-state index contributed by atoms with van der Waals surface area (Å²) >= 11 is 0. The first-order chi connectivity index (χ1) is 9.38. The number of aryl methyl sites for hydroxylation is 1. The van der Waals surface area contributed by atoms with Gasteiger partial charge in [-0.2, -0.15) is 0 Å². The first kappa shape index (κ1) is 14.0. The van der Waals surface area contributed by atoms with Crippen molar-refractivity contribution in [2.75, 3.05) is 0 Å². The molecule has 0 saturated carbocycles. The molecule has 0 amide bonds. The van der Waals surface area contributed by atoms with Crippen molar-refractivity contribution < 1.29 is 22.7 Å². The van der Waals surface area contributed by atoms with E-state index in [4.69, 9.17) is 0 Å². The van der Waals surface area contributed by atoms with Gasteiger partial charge >= 0.3 is 6.36 Å². The predicted octanol–water partition coefficient (Wildman–Crippen LogP) is 3.52. The minimum atomic E-state index is -4.85. The Kier molecular flexibility index (Phi) is 3.74. The van der Waals surface area contributed by atoms with E-state index in [2.05, 4.69) is 9.72 Å². The Morgan fingerprint density at radius 1 is 1.15 bits per heavy atom. The van der Waals surface area contributed by atoms with Crippen molar-refractivity contribution in [1.29, 1.82) is 0 Å². The highest BCUT2D eigenvalue weighted by Crippen LogP contribution is 2.31. The van der Waals surface area contributed by atoms with Gasteiger partial charge in [-0.25, -0.2) is 0 Å². The van der Waals surface area contributed by atoms with Crippen molar-refractivity contribution in [3.8, 4) is 5.75 Å². The van der Waals surface area contributed by atoms with E-state index in [0.717, 1.165) is 0 Å². The normalized spacial score (nSPS) is 11.2. The van der Waals surface area contributed by atoms with E-state index in [0.29, 0.717) is 0 Å². The van der Waals surface area contributed by atoms with E-state index < -0.39 is 17.9 Å². The van der Waals surface area contributed by atoms with E-state index in [1.165, 1.54) is 49.6 Å². The lowest BCUT2D eigenvalue weighted by Gasteiger charge is -2.14. The Bertz CT molecular complexity index is 624. The number of para-hydroxylation sites is 1. The molecule has 20 heavy (non-hydrogen) atoms. The van der Waals surface area contributed by atoms with Crippen LogP contribution < -0.4 is 4.74 Å². The van der Waals surface area contributed by atoms with Gasteiger partial charge in [0.15, 0.2) is 5.78 Å². The maximum atomic E-state index is 12.4. The fraction of sp³-hybridized carbons (Fsp3) is 0.143. The minimum Gasteiger partial charge on any atom is -0.405 e. The van der Waals surface area contributed by atoms with Crippen LogP contribution in [0.4, 0.5) is 13.2 Å². The summed E-state index contributed by atoms with van der Waals surface area (Å²) < 4.78 is 41.2.